The molecule has 6 nitrogen and oxygen atoms in total. The van der Waals surface area contributed by atoms with Crippen LogP contribution in [-0.2, 0) is 15.9 Å². The van der Waals surface area contributed by atoms with E-state index in [-0.39, 0.29) is 12.2 Å². The molecule has 0 N–H and O–H groups in total. The molecule has 2 aromatic carbocycles. The van der Waals surface area contributed by atoms with Crippen LogP contribution in [0, 0.1) is 17.2 Å². The summed E-state index contributed by atoms with van der Waals surface area (Å²) < 4.78 is 22.4. The number of nitrogens with zero attached hydrogens (tertiary/aromatic N) is 2. The number of rotatable bonds is 13. The van der Waals surface area contributed by atoms with Crippen molar-refractivity contribution >= 4 is 23.7 Å². The zero-order chi connectivity index (χ0) is 22.5. The maximum absolute atomic E-state index is 9.62. The molecule has 0 aliphatic carbocycles. The number of hydrogen-bond acceptors (Lipinski definition) is 7. The van der Waals surface area contributed by atoms with Crippen molar-refractivity contribution in [3.63, 3.8) is 0 Å². The molecule has 0 radical (unpaired) electrons. The van der Waals surface area contributed by atoms with Crippen LogP contribution in [0.3, 0.4) is 0 Å². The summed E-state index contributed by atoms with van der Waals surface area (Å²) in [5.41, 5.74) is 1.79. The molecule has 166 valence electrons. The van der Waals surface area contributed by atoms with Crippen LogP contribution in [-0.4, -0.2) is 45.7 Å². The van der Waals surface area contributed by atoms with Gasteiger partial charge >= 0.3 is 0 Å². The Balaban J connectivity index is 2.21. The molecule has 2 rings (SSSR count). The standard InChI is InChI=1S/C24H30N2O4S/c1-5-29-23(30-6-2)17-31-22-14-18(13-21(27-3)24(22)28-4)12-19(15-25)16-26-20-10-8-7-9-11-20/h7-11,13-14,16,19,23H,5-6,12,17H2,1-4H3. The van der Waals surface area contributed by atoms with Crippen molar-refractivity contribution in [3.8, 4) is 17.6 Å². The normalized spacial score (nSPS) is 12.1. The SMILES string of the molecule is CCOC(CSc1cc(CC(C#N)C=Nc2ccccc2)cc(OC)c1OC)OCC. The van der Waals surface area contributed by atoms with Gasteiger partial charge in [-0.15, -0.1) is 11.8 Å². The van der Waals surface area contributed by atoms with E-state index >= 15 is 0 Å². The van der Waals surface area contributed by atoms with Crippen LogP contribution in [0.5, 0.6) is 11.5 Å². The van der Waals surface area contributed by atoms with E-state index < -0.39 is 0 Å². The van der Waals surface area contributed by atoms with E-state index in [2.05, 4.69) is 11.1 Å². The third-order valence-electron chi connectivity index (χ3n) is 4.37. The Bertz CT molecular complexity index is 862. The van der Waals surface area contributed by atoms with Crippen LogP contribution in [0.2, 0.25) is 0 Å². The van der Waals surface area contributed by atoms with E-state index in [1.54, 1.807) is 32.2 Å². The third kappa shape index (κ3) is 7.91. The Morgan fingerprint density at radius 1 is 1.06 bits per heavy atom. The van der Waals surface area contributed by atoms with Crippen LogP contribution in [0.1, 0.15) is 19.4 Å². The average molecular weight is 443 g/mol. The molecule has 0 heterocycles. The first-order valence-electron chi connectivity index (χ1n) is 10.2. The van der Waals surface area contributed by atoms with Crippen LogP contribution in [0.4, 0.5) is 5.69 Å². The molecule has 31 heavy (non-hydrogen) atoms. The van der Waals surface area contributed by atoms with E-state index in [1.165, 1.54) is 0 Å². The fourth-order valence-electron chi connectivity index (χ4n) is 2.96. The lowest BCUT2D eigenvalue weighted by Gasteiger charge is -2.19. The van der Waals surface area contributed by atoms with Gasteiger partial charge in [0.15, 0.2) is 17.8 Å². The van der Waals surface area contributed by atoms with Gasteiger partial charge in [0, 0.05) is 25.2 Å². The second kappa shape index (κ2) is 13.7. The number of aliphatic imine (C=N–C) groups is 1. The molecule has 2 aromatic rings. The summed E-state index contributed by atoms with van der Waals surface area (Å²) in [6.45, 7) is 5.05. The molecule has 1 unspecified atom stereocenters. The molecule has 0 aliphatic heterocycles. The van der Waals surface area contributed by atoms with E-state index in [0.29, 0.717) is 36.9 Å². The molecular weight excluding hydrogens is 412 g/mol. The molecule has 0 bridgehead atoms. The molecule has 0 spiro atoms. The highest BCUT2D eigenvalue weighted by atomic mass is 32.2. The maximum Gasteiger partial charge on any atom is 0.174 e. The maximum atomic E-state index is 9.62. The second-order valence-electron chi connectivity index (χ2n) is 6.53. The highest BCUT2D eigenvalue weighted by Gasteiger charge is 2.17. The lowest BCUT2D eigenvalue weighted by atomic mass is 10.0. The molecule has 1 atom stereocenters. The van der Waals surface area contributed by atoms with Crippen molar-refractivity contribution in [1.82, 2.24) is 0 Å². The molecule has 0 aliphatic rings. The van der Waals surface area contributed by atoms with Crippen LogP contribution in [0.25, 0.3) is 0 Å². The summed E-state index contributed by atoms with van der Waals surface area (Å²) in [6, 6.07) is 15.8. The van der Waals surface area contributed by atoms with Gasteiger partial charge in [0.2, 0.25) is 0 Å². The van der Waals surface area contributed by atoms with Gasteiger partial charge in [-0.3, -0.25) is 4.99 Å². The monoisotopic (exact) mass is 442 g/mol. The Morgan fingerprint density at radius 2 is 1.77 bits per heavy atom. The Hall–Kier alpha value is -2.53. The fraction of sp³-hybridized carbons (Fsp3) is 0.417. The van der Waals surface area contributed by atoms with Gasteiger partial charge in [-0.2, -0.15) is 5.26 Å². The highest BCUT2D eigenvalue weighted by Crippen LogP contribution is 2.39. The minimum Gasteiger partial charge on any atom is -0.493 e. The molecule has 0 saturated heterocycles. The zero-order valence-corrected chi connectivity index (χ0v) is 19.4. The van der Waals surface area contributed by atoms with Crippen molar-refractivity contribution in [1.29, 1.82) is 5.26 Å². The quantitative estimate of drug-likeness (QED) is 0.239. The van der Waals surface area contributed by atoms with Crippen LogP contribution >= 0.6 is 11.8 Å². The third-order valence-corrected chi connectivity index (χ3v) is 5.42. The summed E-state index contributed by atoms with van der Waals surface area (Å²) in [5, 5.41) is 9.62. The smallest absolute Gasteiger partial charge is 0.174 e. The van der Waals surface area contributed by atoms with Crippen molar-refractivity contribution in [2.75, 3.05) is 33.2 Å². The molecular formula is C24H30N2O4S. The van der Waals surface area contributed by atoms with Crippen molar-refractivity contribution in [3.05, 3.63) is 48.0 Å². The lowest BCUT2D eigenvalue weighted by Crippen LogP contribution is -2.20. The molecule has 0 saturated carbocycles. The zero-order valence-electron chi connectivity index (χ0n) is 18.5. The number of methoxy groups -OCH3 is 2. The first-order valence-corrected chi connectivity index (χ1v) is 11.2. The number of benzene rings is 2. The Morgan fingerprint density at radius 3 is 2.35 bits per heavy atom. The van der Waals surface area contributed by atoms with E-state index in [9.17, 15) is 5.26 Å². The predicted octanol–water partition coefficient (Wildman–Crippen LogP) is 5.28. The largest absolute Gasteiger partial charge is 0.493 e. The van der Waals surface area contributed by atoms with Gasteiger partial charge in [-0.1, -0.05) is 18.2 Å². The number of nitriles is 1. The minimum absolute atomic E-state index is 0.302. The Labute approximate surface area is 189 Å². The van der Waals surface area contributed by atoms with Gasteiger partial charge in [-0.25, -0.2) is 0 Å². The number of para-hydroxylation sites is 1. The average Bonchev–Trinajstić information content (AvgIpc) is 2.80. The second-order valence-corrected chi connectivity index (χ2v) is 7.60. The summed E-state index contributed by atoms with van der Waals surface area (Å²) in [7, 11) is 3.23. The van der Waals surface area contributed by atoms with Crippen molar-refractivity contribution in [2.24, 2.45) is 10.9 Å². The van der Waals surface area contributed by atoms with Gasteiger partial charge in [0.25, 0.3) is 0 Å². The summed E-state index contributed by atoms with van der Waals surface area (Å²) in [6.07, 6.45) is 1.91. The van der Waals surface area contributed by atoms with Gasteiger partial charge in [-0.05, 0) is 50.1 Å². The first-order chi connectivity index (χ1) is 15.1. The van der Waals surface area contributed by atoms with E-state index in [0.717, 1.165) is 16.1 Å². The van der Waals surface area contributed by atoms with Crippen LogP contribution in [0.15, 0.2) is 52.4 Å². The molecule has 0 amide bonds. The predicted molar refractivity (Wildman–Crippen MR) is 125 cm³/mol. The van der Waals surface area contributed by atoms with Crippen LogP contribution < -0.4 is 9.47 Å². The topological polar surface area (TPSA) is 73.1 Å². The van der Waals surface area contributed by atoms with Crippen molar-refractivity contribution in [2.45, 2.75) is 31.5 Å². The first kappa shape index (κ1) is 24.7. The molecule has 7 heteroatoms. The number of ether oxygens (including phenoxy) is 4. The Kier molecular flexibility index (Phi) is 10.9. The van der Waals surface area contributed by atoms with Gasteiger partial charge in [0.1, 0.15) is 0 Å². The fourth-order valence-corrected chi connectivity index (χ4v) is 4.02. The van der Waals surface area contributed by atoms with Crippen molar-refractivity contribution < 1.29 is 18.9 Å². The van der Waals surface area contributed by atoms with E-state index in [4.69, 9.17) is 18.9 Å². The summed E-state index contributed by atoms with van der Waals surface area (Å²) >= 11 is 1.58. The van der Waals surface area contributed by atoms with E-state index in [1.807, 2.05) is 56.3 Å². The molecule has 0 aromatic heterocycles. The number of thioether (sulfide) groups is 1. The lowest BCUT2D eigenvalue weighted by molar-refractivity contribution is -0.120. The molecule has 0 fully saturated rings. The number of hydrogen-bond donors (Lipinski definition) is 0. The summed E-state index contributed by atoms with van der Waals surface area (Å²) in [5.74, 6) is 1.54. The van der Waals surface area contributed by atoms with Gasteiger partial charge in [0.05, 0.1) is 36.8 Å². The minimum atomic E-state index is -0.365. The summed E-state index contributed by atoms with van der Waals surface area (Å²) in [4.78, 5) is 5.35. The van der Waals surface area contributed by atoms with Gasteiger partial charge < -0.3 is 18.9 Å². The highest BCUT2D eigenvalue weighted by molar-refractivity contribution is 7.99.